The summed E-state index contributed by atoms with van der Waals surface area (Å²) in [5.74, 6) is 0.192. The first-order valence-electron chi connectivity index (χ1n) is 8.60. The van der Waals surface area contributed by atoms with Gasteiger partial charge < -0.3 is 4.18 Å². The minimum Gasteiger partial charge on any atom is -0.383 e. The van der Waals surface area contributed by atoms with Crippen molar-refractivity contribution in [2.45, 2.75) is 44.7 Å². The maximum absolute atomic E-state index is 13.1. The zero-order valence-corrected chi connectivity index (χ0v) is 17.5. The van der Waals surface area contributed by atoms with Gasteiger partial charge in [0.25, 0.3) is 0 Å². The predicted molar refractivity (Wildman–Crippen MR) is 106 cm³/mol. The molecule has 0 aliphatic rings. The smallest absolute Gasteiger partial charge is 0.306 e. The number of nitrogens with zero attached hydrogens (tertiary/aromatic N) is 1. The van der Waals surface area contributed by atoms with Crippen LogP contribution in [0.5, 0.6) is 5.75 Å². The lowest BCUT2D eigenvalue weighted by molar-refractivity contribution is 0.323. The van der Waals surface area contributed by atoms with Gasteiger partial charge in [-0.2, -0.15) is 12.7 Å². The Morgan fingerprint density at radius 3 is 2.00 bits per heavy atom. The summed E-state index contributed by atoms with van der Waals surface area (Å²) in [4.78, 5) is 0.255. The number of sulfonamides is 1. The van der Waals surface area contributed by atoms with Crippen LogP contribution < -0.4 is 4.18 Å². The summed E-state index contributed by atoms with van der Waals surface area (Å²) in [6, 6.07) is 13.0. The van der Waals surface area contributed by atoms with Crippen molar-refractivity contribution in [1.29, 1.82) is 0 Å². The highest BCUT2D eigenvalue weighted by Crippen LogP contribution is 2.24. The van der Waals surface area contributed by atoms with Crippen molar-refractivity contribution in [3.63, 3.8) is 0 Å². The normalized spacial score (nSPS) is 13.5. The average Bonchev–Trinajstić information content (AvgIpc) is 2.59. The molecule has 0 fully saturated rings. The molecule has 0 unspecified atom stereocenters. The highest BCUT2D eigenvalue weighted by Gasteiger charge is 2.28. The third kappa shape index (κ3) is 5.79. The van der Waals surface area contributed by atoms with Gasteiger partial charge in [-0.3, -0.25) is 0 Å². The Morgan fingerprint density at radius 2 is 1.52 bits per heavy atom. The van der Waals surface area contributed by atoms with E-state index < -0.39 is 20.1 Å². The maximum atomic E-state index is 13.1. The van der Waals surface area contributed by atoms with E-state index in [4.69, 9.17) is 4.18 Å². The van der Waals surface area contributed by atoms with E-state index >= 15 is 0 Å². The van der Waals surface area contributed by atoms with Gasteiger partial charge in [0.15, 0.2) is 0 Å². The second-order valence-corrected chi connectivity index (χ2v) is 10.0. The fourth-order valence-corrected chi connectivity index (χ4v) is 4.69. The van der Waals surface area contributed by atoms with E-state index in [0.717, 1.165) is 17.4 Å². The van der Waals surface area contributed by atoms with Gasteiger partial charge in [-0.25, -0.2) is 8.42 Å². The molecule has 0 N–H and O–H groups in total. The zero-order chi connectivity index (χ0) is 20.2. The molecule has 0 heterocycles. The minimum atomic E-state index is -3.66. The summed E-state index contributed by atoms with van der Waals surface area (Å²) < 4.78 is 54.9. The van der Waals surface area contributed by atoms with Gasteiger partial charge in [0.05, 0.1) is 11.2 Å². The van der Waals surface area contributed by atoms with E-state index in [-0.39, 0.29) is 23.2 Å². The van der Waals surface area contributed by atoms with Crippen LogP contribution in [0.15, 0.2) is 53.4 Å². The molecule has 0 spiro atoms. The second kappa shape index (κ2) is 8.41. The summed E-state index contributed by atoms with van der Waals surface area (Å²) in [6.07, 6.45) is 1.64. The Hall–Kier alpha value is -1.90. The van der Waals surface area contributed by atoms with Crippen LogP contribution in [0.1, 0.15) is 31.4 Å². The van der Waals surface area contributed by atoms with Crippen LogP contribution in [0.3, 0.4) is 0 Å². The molecule has 27 heavy (non-hydrogen) atoms. The molecule has 0 aromatic heterocycles. The molecule has 0 saturated carbocycles. The molecule has 0 radical (unpaired) electrons. The molecule has 0 saturated heterocycles. The monoisotopic (exact) mass is 411 g/mol. The van der Waals surface area contributed by atoms with Crippen LogP contribution in [0.4, 0.5) is 0 Å². The van der Waals surface area contributed by atoms with Crippen LogP contribution in [0.2, 0.25) is 0 Å². The average molecular weight is 412 g/mol. The van der Waals surface area contributed by atoms with E-state index in [2.05, 4.69) is 0 Å². The standard InChI is InChI=1S/C19H25NO5S2/c1-5-16(3)20(27(23,24)19-12-6-15(2)7-13-19)14-17-8-10-18(11-9-17)25-26(4,21)22/h6-13,16H,5,14H2,1-4H3/t16-/m1/s1. The molecule has 0 aliphatic heterocycles. The van der Waals surface area contributed by atoms with Crippen molar-refractivity contribution >= 4 is 20.1 Å². The number of rotatable bonds is 8. The van der Waals surface area contributed by atoms with Gasteiger partial charge in [-0.15, -0.1) is 0 Å². The fourth-order valence-electron chi connectivity index (χ4n) is 2.53. The lowest BCUT2D eigenvalue weighted by Gasteiger charge is -2.28. The maximum Gasteiger partial charge on any atom is 0.306 e. The molecular weight excluding hydrogens is 386 g/mol. The Morgan fingerprint density at radius 1 is 0.963 bits per heavy atom. The lowest BCUT2D eigenvalue weighted by atomic mass is 10.2. The van der Waals surface area contributed by atoms with Crippen molar-refractivity contribution < 1.29 is 21.0 Å². The van der Waals surface area contributed by atoms with E-state index in [0.29, 0.717) is 6.42 Å². The summed E-state index contributed by atoms with van der Waals surface area (Å²) in [6.45, 7) is 5.89. The molecule has 2 aromatic rings. The largest absolute Gasteiger partial charge is 0.383 e. The third-order valence-electron chi connectivity index (χ3n) is 4.22. The molecule has 6 nitrogen and oxygen atoms in total. The van der Waals surface area contributed by atoms with Gasteiger partial charge in [-0.1, -0.05) is 36.8 Å². The SMILES string of the molecule is CC[C@@H](C)N(Cc1ccc(OS(C)(=O)=O)cc1)S(=O)(=O)c1ccc(C)cc1. The number of hydrogen-bond donors (Lipinski definition) is 0. The van der Waals surface area contributed by atoms with Crippen LogP contribution >= 0.6 is 0 Å². The first-order chi connectivity index (χ1) is 12.5. The van der Waals surface area contributed by atoms with Crippen molar-refractivity contribution in [2.24, 2.45) is 0 Å². The topological polar surface area (TPSA) is 80.8 Å². The molecule has 0 amide bonds. The Bertz CT molecular complexity index is 966. The summed E-state index contributed by atoms with van der Waals surface area (Å²) in [5.41, 5.74) is 1.73. The Kier molecular flexibility index (Phi) is 6.67. The van der Waals surface area contributed by atoms with E-state index in [1.54, 1.807) is 36.4 Å². The van der Waals surface area contributed by atoms with Gasteiger partial charge in [0, 0.05) is 12.6 Å². The molecule has 8 heteroatoms. The first kappa shape index (κ1) is 21.4. The second-order valence-electron chi connectivity index (χ2n) is 6.55. The zero-order valence-electron chi connectivity index (χ0n) is 15.9. The van der Waals surface area contributed by atoms with Crippen molar-refractivity contribution in [2.75, 3.05) is 6.26 Å². The van der Waals surface area contributed by atoms with Crippen LogP contribution in [-0.2, 0) is 26.7 Å². The fraction of sp³-hybridized carbons (Fsp3) is 0.368. The van der Waals surface area contributed by atoms with Gasteiger partial charge >= 0.3 is 10.1 Å². The van der Waals surface area contributed by atoms with Crippen molar-refractivity contribution in [3.05, 3.63) is 59.7 Å². The Balaban J connectivity index is 2.30. The molecular formula is C19H25NO5S2. The minimum absolute atomic E-state index is 0.185. The highest BCUT2D eigenvalue weighted by atomic mass is 32.2. The van der Waals surface area contributed by atoms with Crippen LogP contribution in [-0.4, -0.2) is 33.4 Å². The number of benzene rings is 2. The summed E-state index contributed by atoms with van der Waals surface area (Å²) in [5, 5.41) is 0. The van der Waals surface area contributed by atoms with Crippen molar-refractivity contribution in [3.8, 4) is 5.75 Å². The number of hydrogen-bond acceptors (Lipinski definition) is 5. The Labute approximate surface area is 162 Å². The van der Waals surface area contributed by atoms with Crippen LogP contribution in [0.25, 0.3) is 0 Å². The molecule has 1 atom stereocenters. The predicted octanol–water partition coefficient (Wildman–Crippen LogP) is 3.32. The highest BCUT2D eigenvalue weighted by molar-refractivity contribution is 7.89. The van der Waals surface area contributed by atoms with E-state index in [1.165, 1.54) is 16.4 Å². The van der Waals surface area contributed by atoms with Crippen LogP contribution in [0, 0.1) is 6.92 Å². The summed E-state index contributed by atoms with van der Waals surface area (Å²) >= 11 is 0. The van der Waals surface area contributed by atoms with Gasteiger partial charge in [0.1, 0.15) is 5.75 Å². The van der Waals surface area contributed by atoms with Crippen molar-refractivity contribution in [1.82, 2.24) is 4.31 Å². The quantitative estimate of drug-likeness (QED) is 0.623. The molecule has 148 valence electrons. The molecule has 2 rings (SSSR count). The first-order valence-corrected chi connectivity index (χ1v) is 11.9. The van der Waals surface area contributed by atoms with Gasteiger partial charge in [0.2, 0.25) is 10.0 Å². The lowest BCUT2D eigenvalue weighted by Crippen LogP contribution is -2.37. The molecule has 0 bridgehead atoms. The van der Waals surface area contributed by atoms with E-state index in [9.17, 15) is 16.8 Å². The molecule has 2 aromatic carbocycles. The van der Waals surface area contributed by atoms with E-state index in [1.807, 2.05) is 20.8 Å². The third-order valence-corrected chi connectivity index (χ3v) is 6.69. The molecule has 0 aliphatic carbocycles. The van der Waals surface area contributed by atoms with Gasteiger partial charge in [-0.05, 0) is 50.1 Å². The number of aryl methyl sites for hydroxylation is 1. The summed E-state index contributed by atoms with van der Waals surface area (Å²) in [7, 11) is -7.26.